The number of rotatable bonds is 8. The van der Waals surface area contributed by atoms with Gasteiger partial charge in [0.25, 0.3) is 0 Å². The van der Waals surface area contributed by atoms with Crippen LogP contribution in [-0.2, 0) is 16.6 Å². The minimum Gasteiger partial charge on any atom is -0.310 e. The highest BCUT2D eigenvalue weighted by atomic mass is 32.2. The second kappa shape index (κ2) is 7.54. The SMILES string of the molecule is CCC(C)CNS(=O)(=O)c1cc(CNC(C)C)sc1C. The van der Waals surface area contributed by atoms with Gasteiger partial charge < -0.3 is 5.32 Å². The molecule has 0 amide bonds. The van der Waals surface area contributed by atoms with E-state index in [0.717, 1.165) is 16.2 Å². The van der Waals surface area contributed by atoms with Crippen LogP contribution in [0.3, 0.4) is 0 Å². The van der Waals surface area contributed by atoms with Crippen molar-refractivity contribution in [3.8, 4) is 0 Å². The Morgan fingerprint density at radius 2 is 1.95 bits per heavy atom. The van der Waals surface area contributed by atoms with Gasteiger partial charge in [-0.1, -0.05) is 34.1 Å². The molecular weight excluding hydrogens is 292 g/mol. The van der Waals surface area contributed by atoms with Crippen molar-refractivity contribution in [1.29, 1.82) is 0 Å². The minimum absolute atomic E-state index is 0.353. The Labute approximate surface area is 127 Å². The van der Waals surface area contributed by atoms with Crippen molar-refractivity contribution >= 4 is 21.4 Å². The van der Waals surface area contributed by atoms with E-state index in [1.807, 2.05) is 13.8 Å². The van der Waals surface area contributed by atoms with Crippen LogP contribution in [0.15, 0.2) is 11.0 Å². The lowest BCUT2D eigenvalue weighted by atomic mass is 10.1. The molecular formula is C14H26N2O2S2. The fourth-order valence-corrected chi connectivity index (χ4v) is 4.41. The Morgan fingerprint density at radius 1 is 1.30 bits per heavy atom. The first-order valence-electron chi connectivity index (χ1n) is 7.08. The van der Waals surface area contributed by atoms with E-state index in [0.29, 0.717) is 29.9 Å². The van der Waals surface area contributed by atoms with Crippen LogP contribution in [0.4, 0.5) is 0 Å². The average Bonchev–Trinajstić information content (AvgIpc) is 2.75. The Hall–Kier alpha value is -0.430. The summed E-state index contributed by atoms with van der Waals surface area (Å²) in [4.78, 5) is 2.33. The number of sulfonamides is 1. The number of aryl methyl sites for hydroxylation is 1. The topological polar surface area (TPSA) is 58.2 Å². The molecule has 116 valence electrons. The van der Waals surface area contributed by atoms with Gasteiger partial charge in [0.2, 0.25) is 10.0 Å². The van der Waals surface area contributed by atoms with Crippen LogP contribution >= 0.6 is 11.3 Å². The van der Waals surface area contributed by atoms with E-state index < -0.39 is 10.0 Å². The summed E-state index contributed by atoms with van der Waals surface area (Å²) in [6.07, 6.45) is 0.967. The molecule has 1 heterocycles. The first kappa shape index (κ1) is 17.6. The number of thiophene rings is 1. The predicted molar refractivity (Wildman–Crippen MR) is 85.7 cm³/mol. The zero-order chi connectivity index (χ0) is 15.3. The molecule has 0 bridgehead atoms. The van der Waals surface area contributed by atoms with Gasteiger partial charge in [-0.15, -0.1) is 11.3 Å². The van der Waals surface area contributed by atoms with Crippen molar-refractivity contribution < 1.29 is 8.42 Å². The molecule has 1 rings (SSSR count). The summed E-state index contributed by atoms with van der Waals surface area (Å²) in [6, 6.07) is 2.18. The third-order valence-corrected chi connectivity index (χ3v) is 5.95. The molecule has 0 spiro atoms. The van der Waals surface area contributed by atoms with Crippen LogP contribution in [0, 0.1) is 12.8 Å². The van der Waals surface area contributed by atoms with Crippen LogP contribution in [0.25, 0.3) is 0 Å². The quantitative estimate of drug-likeness (QED) is 0.775. The van der Waals surface area contributed by atoms with E-state index in [2.05, 4.69) is 30.8 Å². The maximum Gasteiger partial charge on any atom is 0.241 e. The van der Waals surface area contributed by atoms with Crippen molar-refractivity contribution in [3.63, 3.8) is 0 Å². The summed E-state index contributed by atoms with van der Waals surface area (Å²) in [6.45, 7) is 11.3. The van der Waals surface area contributed by atoms with E-state index in [1.54, 1.807) is 17.4 Å². The molecule has 6 heteroatoms. The molecule has 1 aromatic rings. The van der Waals surface area contributed by atoms with Crippen molar-refractivity contribution in [2.45, 2.75) is 58.5 Å². The third-order valence-electron chi connectivity index (χ3n) is 3.22. The number of hydrogen-bond acceptors (Lipinski definition) is 4. The Morgan fingerprint density at radius 3 is 2.50 bits per heavy atom. The molecule has 1 aromatic heterocycles. The van der Waals surface area contributed by atoms with Gasteiger partial charge >= 0.3 is 0 Å². The Kier molecular flexibility index (Phi) is 6.64. The minimum atomic E-state index is -3.38. The molecule has 4 nitrogen and oxygen atoms in total. The van der Waals surface area contributed by atoms with Crippen LogP contribution in [0.2, 0.25) is 0 Å². The van der Waals surface area contributed by atoms with Gasteiger partial charge in [0.15, 0.2) is 0 Å². The van der Waals surface area contributed by atoms with Crippen LogP contribution in [0.1, 0.15) is 43.9 Å². The number of nitrogens with one attached hydrogen (secondary N) is 2. The van der Waals surface area contributed by atoms with Crippen LogP contribution in [-0.4, -0.2) is 21.0 Å². The molecule has 0 saturated carbocycles. The normalized spacial score (nSPS) is 13.9. The summed E-state index contributed by atoms with van der Waals surface area (Å²) < 4.78 is 27.3. The Bertz CT molecular complexity index is 521. The second-order valence-corrected chi connectivity index (χ2v) is 8.61. The van der Waals surface area contributed by atoms with Crippen LogP contribution in [0.5, 0.6) is 0 Å². The predicted octanol–water partition coefficient (Wildman–Crippen LogP) is 2.88. The summed E-state index contributed by atoms with van der Waals surface area (Å²) in [7, 11) is -3.38. The molecule has 0 radical (unpaired) electrons. The molecule has 0 aromatic carbocycles. The first-order valence-corrected chi connectivity index (χ1v) is 9.38. The first-order chi connectivity index (χ1) is 9.26. The lowest BCUT2D eigenvalue weighted by Crippen LogP contribution is -2.28. The lowest BCUT2D eigenvalue weighted by molar-refractivity contribution is 0.528. The molecule has 1 unspecified atom stereocenters. The maximum absolute atomic E-state index is 12.3. The molecule has 1 atom stereocenters. The van der Waals surface area contributed by atoms with Crippen molar-refractivity contribution in [1.82, 2.24) is 10.0 Å². The van der Waals surface area contributed by atoms with Crippen molar-refractivity contribution in [2.24, 2.45) is 5.92 Å². The van der Waals surface area contributed by atoms with Crippen molar-refractivity contribution in [2.75, 3.05) is 6.54 Å². The van der Waals surface area contributed by atoms with E-state index in [4.69, 9.17) is 0 Å². The lowest BCUT2D eigenvalue weighted by Gasteiger charge is -2.10. The molecule has 0 aliphatic heterocycles. The van der Waals surface area contributed by atoms with E-state index >= 15 is 0 Å². The molecule has 2 N–H and O–H groups in total. The fraction of sp³-hybridized carbons (Fsp3) is 0.714. The van der Waals surface area contributed by atoms with Gasteiger partial charge in [-0.3, -0.25) is 0 Å². The van der Waals surface area contributed by atoms with Crippen molar-refractivity contribution in [3.05, 3.63) is 15.8 Å². The molecule has 0 saturated heterocycles. The number of hydrogen-bond donors (Lipinski definition) is 2. The standard InChI is InChI=1S/C14H26N2O2S2/c1-6-11(4)8-16-20(17,18)14-7-13(19-12(14)5)9-15-10(2)3/h7,10-11,15-16H,6,8-9H2,1-5H3. The van der Waals surface area contributed by atoms with Gasteiger partial charge in [-0.2, -0.15) is 0 Å². The molecule has 20 heavy (non-hydrogen) atoms. The zero-order valence-corrected chi connectivity index (χ0v) is 14.6. The third kappa shape index (κ3) is 5.16. The monoisotopic (exact) mass is 318 g/mol. The van der Waals surface area contributed by atoms with Crippen LogP contribution < -0.4 is 10.0 Å². The van der Waals surface area contributed by atoms with Gasteiger partial charge in [0.1, 0.15) is 0 Å². The van der Waals surface area contributed by atoms with Gasteiger partial charge in [-0.25, -0.2) is 13.1 Å². The van der Waals surface area contributed by atoms with E-state index in [9.17, 15) is 8.42 Å². The summed E-state index contributed by atoms with van der Waals surface area (Å²) in [5.74, 6) is 0.353. The molecule has 0 fully saturated rings. The summed E-state index contributed by atoms with van der Waals surface area (Å²) in [5, 5.41) is 3.31. The summed E-state index contributed by atoms with van der Waals surface area (Å²) >= 11 is 1.54. The second-order valence-electron chi connectivity index (χ2n) is 5.53. The Balaban J connectivity index is 2.79. The maximum atomic E-state index is 12.3. The fourth-order valence-electron chi connectivity index (χ4n) is 1.66. The summed E-state index contributed by atoms with van der Waals surface area (Å²) in [5.41, 5.74) is 0. The van der Waals surface area contributed by atoms with Gasteiger partial charge in [-0.05, 0) is 18.9 Å². The highest BCUT2D eigenvalue weighted by Gasteiger charge is 2.20. The molecule has 0 aliphatic rings. The highest BCUT2D eigenvalue weighted by molar-refractivity contribution is 7.89. The van der Waals surface area contributed by atoms with E-state index in [1.165, 1.54) is 0 Å². The van der Waals surface area contributed by atoms with Gasteiger partial charge in [0, 0.05) is 28.9 Å². The average molecular weight is 319 g/mol. The van der Waals surface area contributed by atoms with Gasteiger partial charge in [0.05, 0.1) is 4.90 Å². The highest BCUT2D eigenvalue weighted by Crippen LogP contribution is 2.25. The molecule has 0 aliphatic carbocycles. The zero-order valence-electron chi connectivity index (χ0n) is 13.0. The largest absolute Gasteiger partial charge is 0.310 e. The van der Waals surface area contributed by atoms with E-state index in [-0.39, 0.29) is 0 Å². The smallest absolute Gasteiger partial charge is 0.241 e.